The number of benzene rings is 2. The van der Waals surface area contributed by atoms with Gasteiger partial charge in [-0.15, -0.1) is 0 Å². The molecule has 0 fully saturated rings. The van der Waals surface area contributed by atoms with Crippen molar-refractivity contribution in [1.29, 1.82) is 0 Å². The number of dihydropyridines is 1. The van der Waals surface area contributed by atoms with Crippen LogP contribution in [0.5, 0.6) is 0 Å². The van der Waals surface area contributed by atoms with Crippen molar-refractivity contribution in [3.8, 4) is 0 Å². The molecule has 168 valence electrons. The van der Waals surface area contributed by atoms with Gasteiger partial charge in [0, 0.05) is 34.9 Å². The van der Waals surface area contributed by atoms with Crippen LogP contribution < -0.4 is 10.6 Å². The molecule has 2 heterocycles. The normalized spacial score (nSPS) is 20.0. The van der Waals surface area contributed by atoms with Gasteiger partial charge >= 0.3 is 0 Å². The van der Waals surface area contributed by atoms with E-state index in [1.807, 2.05) is 31.2 Å². The molecule has 1 aliphatic carbocycles. The summed E-state index contributed by atoms with van der Waals surface area (Å²) in [6.07, 6.45) is 1.10. The highest BCUT2D eigenvalue weighted by molar-refractivity contribution is 7.22. The topological polar surface area (TPSA) is 71.1 Å². The lowest BCUT2D eigenvalue weighted by Gasteiger charge is -2.39. The van der Waals surface area contributed by atoms with E-state index in [1.165, 1.54) is 23.5 Å². The third-order valence-corrected chi connectivity index (χ3v) is 7.15. The number of allylic oxidation sites excluding steroid dienone is 3. The average molecular weight is 462 g/mol. The molecule has 1 aliphatic heterocycles. The highest BCUT2D eigenvalue weighted by Gasteiger charge is 2.42. The van der Waals surface area contributed by atoms with Gasteiger partial charge in [0.05, 0.1) is 10.2 Å². The number of aromatic nitrogens is 1. The Kier molecular flexibility index (Phi) is 5.16. The maximum atomic E-state index is 13.7. The molecule has 33 heavy (non-hydrogen) atoms. The van der Waals surface area contributed by atoms with Crippen LogP contribution in [-0.2, 0) is 9.59 Å². The number of halogens is 1. The number of Topliss-reactive ketones (excluding diaryl/α,β-unsaturated/α-hetero) is 1. The van der Waals surface area contributed by atoms with Gasteiger partial charge in [-0.25, -0.2) is 9.37 Å². The minimum absolute atomic E-state index is 0.0147. The summed E-state index contributed by atoms with van der Waals surface area (Å²) in [7, 11) is 0. The van der Waals surface area contributed by atoms with Crippen LogP contribution in [0.15, 0.2) is 71.1 Å². The summed E-state index contributed by atoms with van der Waals surface area (Å²) in [6, 6.07) is 13.7. The van der Waals surface area contributed by atoms with Gasteiger partial charge in [0.2, 0.25) is 0 Å². The zero-order valence-corrected chi connectivity index (χ0v) is 19.5. The standard InChI is InChI=1S/C26H24FN3O2S/c1-14-21(24(32)30-25-29-17-6-4-5-7-20(17)33-25)22(15-8-10-16(27)11-9-15)23-18(28-14)12-26(2,3)13-19(23)31/h4-11,22,28H,12-13H2,1-3H3,(H,29,30,32)/t22-/m1/s1. The predicted molar refractivity (Wildman–Crippen MR) is 128 cm³/mol. The second-order valence-corrected chi connectivity index (χ2v) is 10.5. The van der Waals surface area contributed by atoms with Gasteiger partial charge in [0.25, 0.3) is 5.91 Å². The second-order valence-electron chi connectivity index (χ2n) is 9.42. The van der Waals surface area contributed by atoms with E-state index in [9.17, 15) is 14.0 Å². The predicted octanol–water partition coefficient (Wildman–Crippen LogP) is 5.68. The van der Waals surface area contributed by atoms with Gasteiger partial charge in [-0.2, -0.15) is 0 Å². The maximum absolute atomic E-state index is 13.7. The Hall–Kier alpha value is -3.32. The second kappa shape index (κ2) is 7.92. The number of hydrogen-bond donors (Lipinski definition) is 2. The maximum Gasteiger partial charge on any atom is 0.256 e. The number of amides is 1. The lowest BCUT2D eigenvalue weighted by molar-refractivity contribution is -0.118. The molecule has 5 rings (SSSR count). The summed E-state index contributed by atoms with van der Waals surface area (Å²) >= 11 is 1.40. The van der Waals surface area contributed by atoms with E-state index in [2.05, 4.69) is 29.5 Å². The van der Waals surface area contributed by atoms with Crippen LogP contribution in [0.3, 0.4) is 0 Å². The lowest BCUT2D eigenvalue weighted by atomic mass is 9.68. The Morgan fingerprint density at radius 2 is 1.88 bits per heavy atom. The molecule has 0 saturated heterocycles. The van der Waals surface area contributed by atoms with Crippen LogP contribution in [0, 0.1) is 11.2 Å². The van der Waals surface area contributed by atoms with Crippen LogP contribution in [0.25, 0.3) is 10.2 Å². The van der Waals surface area contributed by atoms with Gasteiger partial charge in [-0.05, 0) is 48.6 Å². The number of nitrogens with zero attached hydrogens (tertiary/aromatic N) is 1. The van der Waals surface area contributed by atoms with E-state index < -0.39 is 5.92 Å². The quantitative estimate of drug-likeness (QED) is 0.527. The van der Waals surface area contributed by atoms with E-state index in [1.54, 1.807) is 12.1 Å². The van der Waals surface area contributed by atoms with Gasteiger partial charge in [-0.1, -0.05) is 49.4 Å². The number of rotatable bonds is 3. The first-order valence-electron chi connectivity index (χ1n) is 10.9. The zero-order chi connectivity index (χ0) is 23.3. The molecule has 1 amide bonds. The van der Waals surface area contributed by atoms with E-state index >= 15 is 0 Å². The first-order valence-corrected chi connectivity index (χ1v) is 11.7. The first kappa shape index (κ1) is 21.5. The summed E-state index contributed by atoms with van der Waals surface area (Å²) in [5.74, 6) is -1.24. The molecule has 0 radical (unpaired) electrons. The number of ketones is 1. The van der Waals surface area contributed by atoms with Crippen LogP contribution in [-0.4, -0.2) is 16.7 Å². The largest absolute Gasteiger partial charge is 0.362 e. The van der Waals surface area contributed by atoms with E-state index in [0.29, 0.717) is 40.4 Å². The Bertz CT molecular complexity index is 1320. The highest BCUT2D eigenvalue weighted by atomic mass is 32.1. The molecule has 5 nitrogen and oxygen atoms in total. The molecular formula is C26H24FN3O2S. The monoisotopic (exact) mass is 461 g/mol. The minimum Gasteiger partial charge on any atom is -0.362 e. The third kappa shape index (κ3) is 3.97. The number of carbonyl (C=O) groups is 2. The molecule has 0 unspecified atom stereocenters. The summed E-state index contributed by atoms with van der Waals surface area (Å²) < 4.78 is 14.7. The van der Waals surface area contributed by atoms with E-state index in [4.69, 9.17) is 0 Å². The summed E-state index contributed by atoms with van der Waals surface area (Å²) in [5.41, 5.74) is 3.94. The SMILES string of the molecule is CC1=C(C(=O)Nc2nc3ccccc3s2)[C@@H](c2ccc(F)cc2)C2=C(CC(C)(C)CC2=O)N1. The smallest absolute Gasteiger partial charge is 0.256 e. The van der Waals surface area contributed by atoms with Crippen molar-refractivity contribution >= 4 is 38.4 Å². The number of fused-ring (bicyclic) bond motifs is 1. The van der Waals surface area contributed by atoms with Gasteiger partial charge in [0.1, 0.15) is 5.82 Å². The fourth-order valence-corrected chi connectivity index (χ4v) is 5.68. The van der Waals surface area contributed by atoms with Crippen LogP contribution in [0.4, 0.5) is 9.52 Å². The molecule has 1 aromatic heterocycles. The number of thiazole rings is 1. The van der Waals surface area contributed by atoms with Crippen molar-refractivity contribution in [2.75, 3.05) is 5.32 Å². The van der Waals surface area contributed by atoms with Crippen LogP contribution in [0.1, 0.15) is 45.1 Å². The summed E-state index contributed by atoms with van der Waals surface area (Å²) in [4.78, 5) is 31.4. The van der Waals surface area contributed by atoms with Crippen molar-refractivity contribution in [2.24, 2.45) is 5.41 Å². The van der Waals surface area contributed by atoms with E-state index in [-0.39, 0.29) is 22.9 Å². The Labute approximate surface area is 195 Å². The van der Waals surface area contributed by atoms with E-state index in [0.717, 1.165) is 15.9 Å². The molecule has 0 spiro atoms. The van der Waals surface area contributed by atoms with Crippen molar-refractivity contribution in [3.63, 3.8) is 0 Å². The number of para-hydroxylation sites is 1. The van der Waals surface area contributed by atoms with Gasteiger partial charge in [-0.3, -0.25) is 14.9 Å². The molecule has 0 bridgehead atoms. The summed E-state index contributed by atoms with van der Waals surface area (Å²) in [5, 5.41) is 6.77. The first-order chi connectivity index (χ1) is 15.7. The summed E-state index contributed by atoms with van der Waals surface area (Å²) in [6.45, 7) is 5.98. The van der Waals surface area contributed by atoms with Crippen molar-refractivity contribution < 1.29 is 14.0 Å². The molecule has 2 N–H and O–H groups in total. The number of hydrogen-bond acceptors (Lipinski definition) is 5. The number of nitrogens with one attached hydrogen (secondary N) is 2. The van der Waals surface area contributed by atoms with Gasteiger partial charge in [0.15, 0.2) is 10.9 Å². The third-order valence-electron chi connectivity index (χ3n) is 6.20. The number of anilines is 1. The molecular weight excluding hydrogens is 437 g/mol. The molecule has 0 saturated carbocycles. The lowest BCUT2D eigenvalue weighted by Crippen LogP contribution is -2.39. The molecule has 1 atom stereocenters. The molecule has 2 aromatic carbocycles. The van der Waals surface area contributed by atoms with Crippen molar-refractivity contribution in [3.05, 3.63) is 82.5 Å². The Morgan fingerprint density at radius 1 is 1.15 bits per heavy atom. The van der Waals surface area contributed by atoms with Crippen molar-refractivity contribution in [1.82, 2.24) is 10.3 Å². The van der Waals surface area contributed by atoms with Crippen molar-refractivity contribution in [2.45, 2.75) is 39.5 Å². The van der Waals surface area contributed by atoms with Crippen LogP contribution >= 0.6 is 11.3 Å². The highest BCUT2D eigenvalue weighted by Crippen LogP contribution is 2.46. The molecule has 2 aliphatic rings. The Balaban J connectivity index is 1.57. The number of carbonyl (C=O) groups excluding carboxylic acids is 2. The van der Waals surface area contributed by atoms with Gasteiger partial charge < -0.3 is 5.32 Å². The van der Waals surface area contributed by atoms with Crippen LogP contribution in [0.2, 0.25) is 0 Å². The fraction of sp³-hybridized carbons (Fsp3) is 0.269. The fourth-order valence-electron chi connectivity index (χ4n) is 4.82. The molecule has 3 aromatic rings. The zero-order valence-electron chi connectivity index (χ0n) is 18.7. The average Bonchev–Trinajstić information content (AvgIpc) is 3.14. The minimum atomic E-state index is -0.570. The Morgan fingerprint density at radius 3 is 2.61 bits per heavy atom. The molecule has 7 heteroatoms.